The van der Waals surface area contributed by atoms with Gasteiger partial charge in [-0.05, 0) is 18.6 Å². The summed E-state index contributed by atoms with van der Waals surface area (Å²) in [5.74, 6) is -0.106. The highest BCUT2D eigenvalue weighted by Gasteiger charge is 2.19. The molecule has 0 saturated carbocycles. The quantitative estimate of drug-likeness (QED) is 0.744. The van der Waals surface area contributed by atoms with Gasteiger partial charge in [0.15, 0.2) is 6.10 Å². The smallest absolute Gasteiger partial charge is 0.344 e. The van der Waals surface area contributed by atoms with Crippen LogP contribution in [-0.4, -0.2) is 29.3 Å². The summed E-state index contributed by atoms with van der Waals surface area (Å²) >= 11 is 4.90. The molecule has 0 fully saturated rings. The van der Waals surface area contributed by atoms with Crippen molar-refractivity contribution in [3.8, 4) is 11.5 Å². The van der Waals surface area contributed by atoms with Gasteiger partial charge in [0.1, 0.15) is 16.5 Å². The molecule has 1 unspecified atom stereocenters. The first-order valence-corrected chi connectivity index (χ1v) is 6.27. The van der Waals surface area contributed by atoms with Crippen molar-refractivity contribution in [2.45, 2.75) is 25.9 Å². The highest BCUT2D eigenvalue weighted by Crippen LogP contribution is 2.24. The Morgan fingerprint density at radius 1 is 1.42 bits per heavy atom. The Balaban J connectivity index is 3.01. The van der Waals surface area contributed by atoms with Gasteiger partial charge in [-0.1, -0.05) is 25.6 Å². The average Bonchev–Trinajstić information content (AvgIpc) is 2.37. The number of carbonyl (C=O) groups is 1. The van der Waals surface area contributed by atoms with Gasteiger partial charge < -0.3 is 20.3 Å². The van der Waals surface area contributed by atoms with E-state index in [9.17, 15) is 4.79 Å². The van der Waals surface area contributed by atoms with E-state index in [1.165, 1.54) is 7.11 Å². The van der Waals surface area contributed by atoms with E-state index >= 15 is 0 Å². The average molecular weight is 283 g/mol. The molecule has 1 aromatic rings. The molecule has 0 aromatic heterocycles. The molecule has 1 aromatic carbocycles. The Kier molecular flexibility index (Phi) is 5.57. The predicted octanol–water partition coefficient (Wildman–Crippen LogP) is 1.96. The fourth-order valence-electron chi connectivity index (χ4n) is 1.56. The zero-order valence-electron chi connectivity index (χ0n) is 10.9. The van der Waals surface area contributed by atoms with Gasteiger partial charge in [-0.3, -0.25) is 0 Å². The summed E-state index contributed by atoms with van der Waals surface area (Å²) in [5.41, 5.74) is 6.13. The first kappa shape index (κ1) is 15.2. The fourth-order valence-corrected chi connectivity index (χ4v) is 1.68. The summed E-state index contributed by atoms with van der Waals surface area (Å²) in [6.45, 7) is 1.89. The molecular weight excluding hydrogens is 266 g/mol. The number of aliphatic carboxylic acids is 1. The molecule has 1 atom stereocenters. The van der Waals surface area contributed by atoms with Gasteiger partial charge in [0.2, 0.25) is 0 Å². The molecule has 1 rings (SSSR count). The Morgan fingerprint density at radius 3 is 2.53 bits per heavy atom. The van der Waals surface area contributed by atoms with Crippen LogP contribution in [0.5, 0.6) is 11.5 Å². The summed E-state index contributed by atoms with van der Waals surface area (Å²) in [5, 5.41) is 9.06. The van der Waals surface area contributed by atoms with Crippen molar-refractivity contribution < 1.29 is 19.4 Å². The molecule has 6 heteroatoms. The lowest BCUT2D eigenvalue weighted by Gasteiger charge is -2.16. The highest BCUT2D eigenvalue weighted by molar-refractivity contribution is 7.80. The Bertz CT molecular complexity index is 476. The Morgan fingerprint density at radius 2 is 2.05 bits per heavy atom. The number of ether oxygens (including phenoxy) is 2. The van der Waals surface area contributed by atoms with Crippen LogP contribution in [0.2, 0.25) is 0 Å². The number of rotatable bonds is 7. The second-order valence-electron chi connectivity index (χ2n) is 3.99. The first-order valence-electron chi connectivity index (χ1n) is 5.86. The molecule has 5 nitrogen and oxygen atoms in total. The van der Waals surface area contributed by atoms with Crippen LogP contribution in [-0.2, 0) is 4.79 Å². The van der Waals surface area contributed by atoms with Crippen LogP contribution in [0.3, 0.4) is 0 Å². The van der Waals surface area contributed by atoms with E-state index in [1.54, 1.807) is 18.2 Å². The minimum absolute atomic E-state index is 0.200. The van der Waals surface area contributed by atoms with E-state index in [-0.39, 0.29) is 4.99 Å². The molecule has 0 bridgehead atoms. The van der Waals surface area contributed by atoms with Gasteiger partial charge in [-0.2, -0.15) is 0 Å². The fraction of sp³-hybridized carbons (Fsp3) is 0.385. The summed E-state index contributed by atoms with van der Waals surface area (Å²) in [6.07, 6.45) is 0.245. The molecule has 0 spiro atoms. The Hall–Kier alpha value is -1.82. The zero-order valence-corrected chi connectivity index (χ0v) is 11.7. The zero-order chi connectivity index (χ0) is 14.4. The number of hydrogen-bond donors (Lipinski definition) is 2. The van der Waals surface area contributed by atoms with E-state index < -0.39 is 12.1 Å². The van der Waals surface area contributed by atoms with Gasteiger partial charge >= 0.3 is 5.97 Å². The van der Waals surface area contributed by atoms with Gasteiger partial charge in [-0.15, -0.1) is 0 Å². The van der Waals surface area contributed by atoms with Crippen molar-refractivity contribution in [3.05, 3.63) is 23.8 Å². The molecule has 0 heterocycles. The number of nitrogens with two attached hydrogens (primary N) is 1. The monoisotopic (exact) mass is 283 g/mol. The predicted molar refractivity (Wildman–Crippen MR) is 75.8 cm³/mol. The standard InChI is InChI=1S/C13H17NO4S/c1-3-4-11(13(15)16)18-10-6-8(12(14)19)5-9(7-10)17-2/h5-7,11H,3-4H2,1-2H3,(H2,14,19)(H,15,16). The van der Waals surface area contributed by atoms with E-state index in [0.29, 0.717) is 29.9 Å². The number of methoxy groups -OCH3 is 1. The van der Waals surface area contributed by atoms with Crippen LogP contribution in [0, 0.1) is 0 Å². The van der Waals surface area contributed by atoms with Gasteiger partial charge in [0.05, 0.1) is 7.11 Å². The number of hydrogen-bond acceptors (Lipinski definition) is 4. The summed E-state index contributed by atoms with van der Waals surface area (Å²) in [6, 6.07) is 4.88. The van der Waals surface area contributed by atoms with Crippen molar-refractivity contribution in [2.24, 2.45) is 5.73 Å². The topological polar surface area (TPSA) is 81.8 Å². The summed E-state index contributed by atoms with van der Waals surface area (Å²) in [4.78, 5) is 11.3. The highest BCUT2D eigenvalue weighted by atomic mass is 32.1. The van der Waals surface area contributed by atoms with E-state index in [1.807, 2.05) is 6.92 Å². The minimum atomic E-state index is -0.999. The second-order valence-corrected chi connectivity index (χ2v) is 4.43. The normalized spacial score (nSPS) is 11.7. The van der Waals surface area contributed by atoms with Crippen molar-refractivity contribution in [2.75, 3.05) is 7.11 Å². The Labute approximate surface area is 117 Å². The SMILES string of the molecule is CCCC(Oc1cc(OC)cc(C(N)=S)c1)C(=O)O. The maximum atomic E-state index is 11.1. The molecular formula is C13H17NO4S. The summed E-state index contributed by atoms with van der Waals surface area (Å²) < 4.78 is 10.6. The van der Waals surface area contributed by atoms with Crippen LogP contribution in [0.15, 0.2) is 18.2 Å². The van der Waals surface area contributed by atoms with Crippen molar-refractivity contribution >= 4 is 23.2 Å². The molecule has 0 saturated heterocycles. The van der Waals surface area contributed by atoms with Crippen molar-refractivity contribution in [1.29, 1.82) is 0 Å². The van der Waals surface area contributed by atoms with Crippen molar-refractivity contribution in [1.82, 2.24) is 0 Å². The lowest BCUT2D eigenvalue weighted by atomic mass is 10.2. The third-order valence-electron chi connectivity index (χ3n) is 2.50. The number of benzene rings is 1. The molecule has 0 aliphatic rings. The van der Waals surface area contributed by atoms with E-state index in [4.69, 9.17) is 32.5 Å². The third-order valence-corrected chi connectivity index (χ3v) is 2.74. The minimum Gasteiger partial charge on any atom is -0.497 e. The maximum absolute atomic E-state index is 11.1. The maximum Gasteiger partial charge on any atom is 0.344 e. The van der Waals surface area contributed by atoms with Crippen LogP contribution in [0.1, 0.15) is 25.3 Å². The largest absolute Gasteiger partial charge is 0.497 e. The molecule has 0 aliphatic carbocycles. The van der Waals surface area contributed by atoms with E-state index in [2.05, 4.69) is 0 Å². The molecule has 0 radical (unpaired) electrons. The molecule has 104 valence electrons. The number of carboxylic acid groups (broad SMARTS) is 1. The van der Waals surface area contributed by atoms with Crippen molar-refractivity contribution in [3.63, 3.8) is 0 Å². The molecule has 3 N–H and O–H groups in total. The van der Waals surface area contributed by atoms with Crippen LogP contribution >= 0.6 is 12.2 Å². The molecule has 0 amide bonds. The van der Waals surface area contributed by atoms with Crippen LogP contribution in [0.4, 0.5) is 0 Å². The lowest BCUT2D eigenvalue weighted by Crippen LogP contribution is -2.26. The first-order chi connectivity index (χ1) is 8.97. The third kappa shape index (κ3) is 4.40. The number of thiocarbonyl (C=S) groups is 1. The summed E-state index contributed by atoms with van der Waals surface area (Å²) in [7, 11) is 1.50. The van der Waals surface area contributed by atoms with Crippen LogP contribution < -0.4 is 15.2 Å². The van der Waals surface area contributed by atoms with E-state index in [0.717, 1.165) is 0 Å². The molecule has 0 aliphatic heterocycles. The number of carboxylic acids is 1. The van der Waals surface area contributed by atoms with Gasteiger partial charge in [0.25, 0.3) is 0 Å². The molecule has 19 heavy (non-hydrogen) atoms. The second kappa shape index (κ2) is 6.94. The van der Waals surface area contributed by atoms with Gasteiger partial charge in [0, 0.05) is 11.6 Å². The van der Waals surface area contributed by atoms with Crippen LogP contribution in [0.25, 0.3) is 0 Å². The van der Waals surface area contributed by atoms with Gasteiger partial charge in [-0.25, -0.2) is 4.79 Å². The lowest BCUT2D eigenvalue weighted by molar-refractivity contribution is -0.145.